The van der Waals surface area contributed by atoms with Gasteiger partial charge in [-0.3, -0.25) is 9.59 Å². The van der Waals surface area contributed by atoms with E-state index in [1.807, 2.05) is 45.0 Å². The normalized spacial score (nSPS) is 12.7. The molecular formula is C25H32Cl2N2O3. The minimum Gasteiger partial charge on any atom is -0.484 e. The van der Waals surface area contributed by atoms with Gasteiger partial charge in [-0.05, 0) is 61.6 Å². The molecule has 0 unspecified atom stereocenters. The number of carbonyl (C=O) groups excluding carboxylic acids is 2. The molecule has 0 fully saturated rings. The molecule has 2 rings (SSSR count). The average Bonchev–Trinajstić information content (AvgIpc) is 2.79. The summed E-state index contributed by atoms with van der Waals surface area (Å²) in [6.07, 6.45) is 2.21. The summed E-state index contributed by atoms with van der Waals surface area (Å²) in [4.78, 5) is 27.7. The van der Waals surface area contributed by atoms with Gasteiger partial charge in [0.05, 0.1) is 10.0 Å². The molecular weight excluding hydrogens is 447 g/mol. The maximum atomic E-state index is 13.2. The Balaban J connectivity index is 2.22. The molecule has 5 nitrogen and oxygen atoms in total. The molecule has 0 radical (unpaired) electrons. The van der Waals surface area contributed by atoms with Crippen molar-refractivity contribution in [3.05, 3.63) is 63.6 Å². The summed E-state index contributed by atoms with van der Waals surface area (Å²) in [5.41, 5.74) is 1.98. The van der Waals surface area contributed by atoms with E-state index in [1.54, 1.807) is 23.1 Å². The number of hydrogen-bond donors (Lipinski definition) is 1. The summed E-state index contributed by atoms with van der Waals surface area (Å²) in [6, 6.07) is 12.2. The molecule has 0 aliphatic carbocycles. The topological polar surface area (TPSA) is 58.6 Å². The van der Waals surface area contributed by atoms with E-state index in [2.05, 4.69) is 12.2 Å². The first-order chi connectivity index (χ1) is 15.3. The third-order valence-electron chi connectivity index (χ3n) is 5.42. The van der Waals surface area contributed by atoms with E-state index in [0.717, 1.165) is 18.4 Å². The zero-order valence-electron chi connectivity index (χ0n) is 19.2. The van der Waals surface area contributed by atoms with Crippen LogP contribution in [0.3, 0.4) is 0 Å². The van der Waals surface area contributed by atoms with E-state index in [9.17, 15) is 9.59 Å². The highest BCUT2D eigenvalue weighted by Gasteiger charge is 2.29. The maximum absolute atomic E-state index is 13.2. The lowest BCUT2D eigenvalue weighted by atomic mass is 10.1. The van der Waals surface area contributed by atoms with Crippen LogP contribution in [-0.4, -0.2) is 35.4 Å². The number of hydrogen-bond acceptors (Lipinski definition) is 3. The fourth-order valence-electron chi connectivity index (χ4n) is 3.24. The highest BCUT2D eigenvalue weighted by Crippen LogP contribution is 2.24. The summed E-state index contributed by atoms with van der Waals surface area (Å²) in [5, 5.41) is 3.83. The van der Waals surface area contributed by atoms with Crippen LogP contribution in [0.4, 0.5) is 0 Å². The van der Waals surface area contributed by atoms with Gasteiger partial charge >= 0.3 is 0 Å². The van der Waals surface area contributed by atoms with Crippen LogP contribution in [0, 0.1) is 0 Å². The minimum atomic E-state index is -0.628. The molecule has 1 N–H and O–H groups in total. The molecule has 0 bridgehead atoms. The van der Waals surface area contributed by atoms with Gasteiger partial charge in [0.25, 0.3) is 5.91 Å². The monoisotopic (exact) mass is 478 g/mol. The van der Waals surface area contributed by atoms with Crippen molar-refractivity contribution < 1.29 is 14.3 Å². The molecule has 2 atom stereocenters. The fraction of sp³-hybridized carbons (Fsp3) is 0.440. The molecule has 0 aliphatic rings. The van der Waals surface area contributed by atoms with Gasteiger partial charge in [-0.15, -0.1) is 0 Å². The summed E-state index contributed by atoms with van der Waals surface area (Å²) in [6.45, 7) is 7.97. The van der Waals surface area contributed by atoms with Crippen LogP contribution in [-0.2, 0) is 22.6 Å². The predicted molar refractivity (Wildman–Crippen MR) is 130 cm³/mol. The van der Waals surface area contributed by atoms with Crippen LogP contribution in [0.15, 0.2) is 42.5 Å². The lowest BCUT2D eigenvalue weighted by Gasteiger charge is -2.31. The standard InChI is InChI=1S/C25H32Cl2N2O3/c1-5-17(4)28-25(31)23(7-3)29(15-19-10-13-21(26)22(27)14-19)24(30)16-32-20-11-8-18(6-2)9-12-20/h8-14,17,23H,5-7,15-16H2,1-4H3,(H,28,31)/t17-,23+/m0/s1. The van der Waals surface area contributed by atoms with Gasteiger partial charge < -0.3 is 15.0 Å². The lowest BCUT2D eigenvalue weighted by molar-refractivity contribution is -0.143. The third kappa shape index (κ3) is 7.42. The molecule has 0 aliphatic heterocycles. The second-order valence-corrected chi connectivity index (χ2v) is 8.61. The van der Waals surface area contributed by atoms with Gasteiger partial charge in [0.2, 0.25) is 5.91 Å². The van der Waals surface area contributed by atoms with E-state index in [0.29, 0.717) is 22.2 Å². The Labute approximate surface area is 201 Å². The van der Waals surface area contributed by atoms with E-state index < -0.39 is 6.04 Å². The molecule has 0 saturated carbocycles. The van der Waals surface area contributed by atoms with Crippen molar-refractivity contribution in [3.63, 3.8) is 0 Å². The smallest absolute Gasteiger partial charge is 0.261 e. The zero-order valence-corrected chi connectivity index (χ0v) is 20.7. The quantitative estimate of drug-likeness (QED) is 0.453. The maximum Gasteiger partial charge on any atom is 0.261 e. The number of amides is 2. The SMILES string of the molecule is CCc1ccc(OCC(=O)N(Cc2ccc(Cl)c(Cl)c2)[C@H](CC)C(=O)N[C@@H](C)CC)cc1. The van der Waals surface area contributed by atoms with Crippen LogP contribution >= 0.6 is 23.2 Å². The predicted octanol–water partition coefficient (Wildman–Crippen LogP) is 5.66. The molecule has 0 saturated heterocycles. The number of benzene rings is 2. The van der Waals surface area contributed by atoms with Gasteiger partial charge in [-0.1, -0.05) is 62.2 Å². The summed E-state index contributed by atoms with van der Waals surface area (Å²) in [7, 11) is 0. The highest BCUT2D eigenvalue weighted by atomic mass is 35.5. The largest absolute Gasteiger partial charge is 0.484 e. The van der Waals surface area contributed by atoms with Gasteiger partial charge in [-0.25, -0.2) is 0 Å². The van der Waals surface area contributed by atoms with Crippen molar-refractivity contribution in [3.8, 4) is 5.75 Å². The van der Waals surface area contributed by atoms with Crippen LogP contribution < -0.4 is 10.1 Å². The molecule has 0 aromatic heterocycles. The molecule has 2 aromatic carbocycles. The average molecular weight is 479 g/mol. The van der Waals surface area contributed by atoms with Crippen LogP contribution in [0.25, 0.3) is 0 Å². The van der Waals surface area contributed by atoms with Gasteiger partial charge in [-0.2, -0.15) is 0 Å². The van der Waals surface area contributed by atoms with Gasteiger partial charge in [0.1, 0.15) is 11.8 Å². The van der Waals surface area contributed by atoms with Gasteiger partial charge in [0, 0.05) is 12.6 Å². The Morgan fingerprint density at radius 2 is 1.62 bits per heavy atom. The summed E-state index contributed by atoms with van der Waals surface area (Å²) < 4.78 is 5.74. The number of ether oxygens (including phenoxy) is 1. The van der Waals surface area contributed by atoms with Crippen LogP contribution in [0.1, 0.15) is 51.7 Å². The molecule has 2 amide bonds. The number of nitrogens with one attached hydrogen (secondary N) is 1. The van der Waals surface area contributed by atoms with Crippen LogP contribution in [0.2, 0.25) is 10.0 Å². The van der Waals surface area contributed by atoms with Crippen molar-refractivity contribution in [2.45, 2.75) is 65.6 Å². The molecule has 2 aromatic rings. The fourth-order valence-corrected chi connectivity index (χ4v) is 3.57. The van der Waals surface area contributed by atoms with Crippen molar-refractivity contribution in [1.29, 1.82) is 0 Å². The number of rotatable bonds is 11. The first-order valence-corrected chi connectivity index (χ1v) is 11.8. The van der Waals surface area contributed by atoms with E-state index in [-0.39, 0.29) is 31.0 Å². The number of carbonyl (C=O) groups is 2. The second kappa shape index (κ2) is 12.7. The number of halogens is 2. The number of nitrogens with zero attached hydrogens (tertiary/aromatic N) is 1. The minimum absolute atomic E-state index is 0.0202. The molecule has 174 valence electrons. The molecule has 0 spiro atoms. The zero-order chi connectivity index (χ0) is 23.7. The highest BCUT2D eigenvalue weighted by molar-refractivity contribution is 6.42. The number of aryl methyl sites for hydroxylation is 1. The first-order valence-electron chi connectivity index (χ1n) is 11.0. The van der Waals surface area contributed by atoms with Crippen LogP contribution in [0.5, 0.6) is 5.75 Å². The van der Waals surface area contributed by atoms with Gasteiger partial charge in [0.15, 0.2) is 6.61 Å². The second-order valence-electron chi connectivity index (χ2n) is 7.80. The van der Waals surface area contributed by atoms with Crippen molar-refractivity contribution in [1.82, 2.24) is 10.2 Å². The molecule has 0 heterocycles. The Morgan fingerprint density at radius 1 is 0.969 bits per heavy atom. The van der Waals surface area contributed by atoms with Crippen molar-refractivity contribution in [2.75, 3.05) is 6.61 Å². The van der Waals surface area contributed by atoms with Crippen molar-refractivity contribution >= 4 is 35.0 Å². The van der Waals surface area contributed by atoms with E-state index >= 15 is 0 Å². The first kappa shape index (κ1) is 26.0. The summed E-state index contributed by atoms with van der Waals surface area (Å²) >= 11 is 12.2. The van der Waals surface area contributed by atoms with Crippen molar-refractivity contribution in [2.24, 2.45) is 0 Å². The Morgan fingerprint density at radius 3 is 2.19 bits per heavy atom. The molecule has 32 heavy (non-hydrogen) atoms. The van der Waals surface area contributed by atoms with E-state index in [1.165, 1.54) is 5.56 Å². The molecule has 7 heteroatoms. The Kier molecular flexibility index (Phi) is 10.3. The summed E-state index contributed by atoms with van der Waals surface area (Å²) in [5.74, 6) is 0.159. The Bertz CT molecular complexity index is 903. The Hall–Kier alpha value is -2.24. The third-order valence-corrected chi connectivity index (χ3v) is 6.16. The lowest BCUT2D eigenvalue weighted by Crippen LogP contribution is -2.51. The van der Waals surface area contributed by atoms with E-state index in [4.69, 9.17) is 27.9 Å².